The fourth-order valence-electron chi connectivity index (χ4n) is 2.56. The van der Waals surface area contributed by atoms with E-state index in [1.807, 2.05) is 32.9 Å². The minimum Gasteiger partial charge on any atom is -0.248 e. The van der Waals surface area contributed by atoms with E-state index in [2.05, 4.69) is 10.1 Å². The van der Waals surface area contributed by atoms with Crippen molar-refractivity contribution in [1.82, 2.24) is 14.8 Å². The van der Waals surface area contributed by atoms with Crippen LogP contribution in [0.25, 0.3) is 22.3 Å². The van der Waals surface area contributed by atoms with Crippen LogP contribution in [-0.4, -0.2) is 14.8 Å². The smallest absolute Gasteiger partial charge is 0.248 e. The number of hydrogen-bond acceptors (Lipinski definition) is 2. The summed E-state index contributed by atoms with van der Waals surface area (Å²) in [6, 6.07) is 6.65. The lowest BCUT2D eigenvalue weighted by molar-refractivity contribution is -0.136. The molecule has 3 aromatic rings. The Kier molecular flexibility index (Phi) is 3.62. The summed E-state index contributed by atoms with van der Waals surface area (Å²) in [6.07, 6.45) is -3.21. The third-order valence-electron chi connectivity index (χ3n) is 4.02. The van der Waals surface area contributed by atoms with Gasteiger partial charge in [-0.25, -0.2) is 9.67 Å². The molecule has 0 fully saturated rings. The largest absolute Gasteiger partial charge is 0.417 e. The van der Waals surface area contributed by atoms with Gasteiger partial charge in [0.25, 0.3) is 0 Å². The molecule has 2 aromatic heterocycles. The zero-order valence-corrected chi connectivity index (χ0v) is 13.1. The number of hydrogen-bond donors (Lipinski definition) is 0. The summed E-state index contributed by atoms with van der Waals surface area (Å²) in [6.45, 7) is 6.18. The van der Waals surface area contributed by atoms with Crippen LogP contribution in [0.15, 0.2) is 30.5 Å². The van der Waals surface area contributed by atoms with Gasteiger partial charge in [0.2, 0.25) is 0 Å². The zero-order chi connectivity index (χ0) is 16.8. The zero-order valence-electron chi connectivity index (χ0n) is 13.1. The summed E-state index contributed by atoms with van der Waals surface area (Å²) in [5, 5.41) is 4.04. The Balaban J connectivity index is 2.30. The number of pyridine rings is 1. The summed E-state index contributed by atoms with van der Waals surface area (Å²) in [5.74, 6) is 0. The molecule has 0 spiro atoms. The van der Waals surface area contributed by atoms with Crippen LogP contribution < -0.4 is 0 Å². The Labute approximate surface area is 131 Å². The van der Waals surface area contributed by atoms with Gasteiger partial charge in [0.05, 0.1) is 22.8 Å². The molecule has 0 unspecified atom stereocenters. The van der Waals surface area contributed by atoms with E-state index in [4.69, 9.17) is 0 Å². The standard InChI is InChI=1S/C17H16F3N3/c1-4-23-16-13(9-21-23)14(17(18,19)20)8-15(22-16)12-6-5-10(2)11(3)7-12/h5-9H,4H2,1-3H3. The molecule has 3 rings (SSSR count). The van der Waals surface area contributed by atoms with E-state index in [9.17, 15) is 13.2 Å². The van der Waals surface area contributed by atoms with Gasteiger partial charge in [0.15, 0.2) is 5.65 Å². The van der Waals surface area contributed by atoms with E-state index < -0.39 is 11.7 Å². The van der Waals surface area contributed by atoms with Crippen LogP contribution in [0.2, 0.25) is 0 Å². The average molecular weight is 319 g/mol. The highest BCUT2D eigenvalue weighted by atomic mass is 19.4. The number of fused-ring (bicyclic) bond motifs is 1. The maximum Gasteiger partial charge on any atom is 0.417 e. The average Bonchev–Trinajstić information content (AvgIpc) is 2.91. The van der Waals surface area contributed by atoms with Gasteiger partial charge in [0, 0.05) is 12.1 Å². The fraction of sp³-hybridized carbons (Fsp3) is 0.294. The first-order valence-corrected chi connectivity index (χ1v) is 7.32. The van der Waals surface area contributed by atoms with Crippen LogP contribution in [0.4, 0.5) is 13.2 Å². The molecular formula is C17H16F3N3. The van der Waals surface area contributed by atoms with Crippen molar-refractivity contribution >= 4 is 11.0 Å². The molecule has 0 N–H and O–H groups in total. The molecule has 1 aromatic carbocycles. The Bertz CT molecular complexity index is 879. The lowest BCUT2D eigenvalue weighted by Gasteiger charge is -2.12. The maximum absolute atomic E-state index is 13.4. The number of alkyl halides is 3. The molecule has 0 atom stereocenters. The number of rotatable bonds is 2. The van der Waals surface area contributed by atoms with Crippen molar-refractivity contribution in [3.8, 4) is 11.3 Å². The quantitative estimate of drug-likeness (QED) is 0.682. The van der Waals surface area contributed by atoms with Crippen molar-refractivity contribution in [2.75, 3.05) is 0 Å². The molecular weight excluding hydrogens is 303 g/mol. The number of aromatic nitrogens is 3. The van der Waals surface area contributed by atoms with E-state index in [-0.39, 0.29) is 11.0 Å². The third kappa shape index (κ3) is 2.69. The lowest BCUT2D eigenvalue weighted by atomic mass is 10.0. The SMILES string of the molecule is CCn1ncc2c(C(F)(F)F)cc(-c3ccc(C)c(C)c3)nc21. The number of aryl methyl sites for hydroxylation is 3. The molecule has 120 valence electrons. The predicted octanol–water partition coefficient (Wildman–Crippen LogP) is 4.75. The summed E-state index contributed by atoms with van der Waals surface area (Å²) >= 11 is 0. The van der Waals surface area contributed by atoms with E-state index in [1.165, 1.54) is 10.9 Å². The Morgan fingerprint density at radius 1 is 1.09 bits per heavy atom. The second-order valence-corrected chi connectivity index (χ2v) is 5.55. The van der Waals surface area contributed by atoms with Gasteiger partial charge in [0.1, 0.15) is 0 Å². The van der Waals surface area contributed by atoms with Gasteiger partial charge in [-0.2, -0.15) is 18.3 Å². The monoisotopic (exact) mass is 319 g/mol. The van der Waals surface area contributed by atoms with Crippen molar-refractivity contribution in [2.45, 2.75) is 33.5 Å². The van der Waals surface area contributed by atoms with Gasteiger partial charge in [-0.3, -0.25) is 0 Å². The maximum atomic E-state index is 13.4. The van der Waals surface area contributed by atoms with Crippen molar-refractivity contribution in [3.63, 3.8) is 0 Å². The molecule has 0 aliphatic rings. The Hall–Kier alpha value is -2.37. The molecule has 0 amide bonds. The van der Waals surface area contributed by atoms with Crippen molar-refractivity contribution in [1.29, 1.82) is 0 Å². The Morgan fingerprint density at radius 3 is 2.43 bits per heavy atom. The summed E-state index contributed by atoms with van der Waals surface area (Å²) in [5.41, 5.74) is 2.64. The van der Waals surface area contributed by atoms with E-state index in [1.54, 1.807) is 6.07 Å². The molecule has 23 heavy (non-hydrogen) atoms. The number of halogens is 3. The minimum absolute atomic E-state index is 0.0342. The molecule has 3 nitrogen and oxygen atoms in total. The molecule has 2 heterocycles. The molecule has 0 aliphatic carbocycles. The van der Waals surface area contributed by atoms with Crippen molar-refractivity contribution < 1.29 is 13.2 Å². The summed E-state index contributed by atoms with van der Waals surface area (Å²) in [7, 11) is 0. The molecule has 0 bridgehead atoms. The fourth-order valence-corrected chi connectivity index (χ4v) is 2.56. The minimum atomic E-state index is -4.45. The van der Waals surface area contributed by atoms with Gasteiger partial charge >= 0.3 is 6.18 Å². The van der Waals surface area contributed by atoms with E-state index in [0.717, 1.165) is 17.2 Å². The third-order valence-corrected chi connectivity index (χ3v) is 4.02. The van der Waals surface area contributed by atoms with Crippen LogP contribution >= 0.6 is 0 Å². The molecule has 0 saturated carbocycles. The van der Waals surface area contributed by atoms with Gasteiger partial charge in [-0.05, 0) is 44.0 Å². The second kappa shape index (κ2) is 5.37. The topological polar surface area (TPSA) is 30.7 Å². The summed E-state index contributed by atoms with van der Waals surface area (Å²) < 4.78 is 41.7. The van der Waals surface area contributed by atoms with Gasteiger partial charge < -0.3 is 0 Å². The van der Waals surface area contributed by atoms with Crippen molar-refractivity contribution in [3.05, 3.63) is 47.2 Å². The molecule has 0 saturated heterocycles. The highest BCUT2D eigenvalue weighted by Crippen LogP contribution is 2.36. The highest BCUT2D eigenvalue weighted by molar-refractivity contribution is 5.83. The number of benzene rings is 1. The first-order chi connectivity index (χ1) is 10.8. The van der Waals surface area contributed by atoms with Crippen LogP contribution in [-0.2, 0) is 12.7 Å². The highest BCUT2D eigenvalue weighted by Gasteiger charge is 2.34. The Morgan fingerprint density at radius 2 is 1.83 bits per heavy atom. The lowest BCUT2D eigenvalue weighted by Crippen LogP contribution is -2.07. The van der Waals surface area contributed by atoms with Crippen LogP contribution in [0, 0.1) is 13.8 Å². The molecule has 0 aliphatic heterocycles. The van der Waals surface area contributed by atoms with Crippen LogP contribution in [0.3, 0.4) is 0 Å². The number of nitrogens with zero attached hydrogens (tertiary/aromatic N) is 3. The van der Waals surface area contributed by atoms with Crippen LogP contribution in [0.5, 0.6) is 0 Å². The van der Waals surface area contributed by atoms with Crippen molar-refractivity contribution in [2.24, 2.45) is 0 Å². The van der Waals surface area contributed by atoms with E-state index in [0.29, 0.717) is 17.8 Å². The first kappa shape index (κ1) is 15.5. The van der Waals surface area contributed by atoms with Gasteiger partial charge in [-0.1, -0.05) is 12.1 Å². The van der Waals surface area contributed by atoms with E-state index >= 15 is 0 Å². The first-order valence-electron chi connectivity index (χ1n) is 7.32. The normalized spacial score (nSPS) is 12.1. The van der Waals surface area contributed by atoms with Crippen LogP contribution in [0.1, 0.15) is 23.6 Å². The summed E-state index contributed by atoms with van der Waals surface area (Å²) in [4.78, 5) is 4.42. The van der Waals surface area contributed by atoms with Gasteiger partial charge in [-0.15, -0.1) is 0 Å². The molecule has 6 heteroatoms. The second-order valence-electron chi connectivity index (χ2n) is 5.55. The predicted molar refractivity (Wildman–Crippen MR) is 83.1 cm³/mol. The molecule has 0 radical (unpaired) electrons.